The van der Waals surface area contributed by atoms with E-state index in [2.05, 4.69) is 6.92 Å². The normalized spacial score (nSPS) is 26.9. The SMILES string of the molecule is C[C@@H]1CCCCN1C(=O)[C@@H](C)Cl. The van der Waals surface area contributed by atoms with Gasteiger partial charge in [0.1, 0.15) is 5.38 Å². The van der Waals surface area contributed by atoms with Crippen molar-refractivity contribution in [1.29, 1.82) is 0 Å². The van der Waals surface area contributed by atoms with E-state index in [1.54, 1.807) is 6.92 Å². The molecule has 1 amide bonds. The number of carbonyl (C=O) groups excluding carboxylic acids is 1. The summed E-state index contributed by atoms with van der Waals surface area (Å²) < 4.78 is 0. The number of alkyl halides is 1. The monoisotopic (exact) mass is 189 g/mol. The van der Waals surface area contributed by atoms with Crippen LogP contribution in [0.4, 0.5) is 0 Å². The number of likely N-dealkylation sites (tertiary alicyclic amines) is 1. The molecule has 1 aliphatic rings. The Hall–Kier alpha value is -0.240. The van der Waals surface area contributed by atoms with Crippen LogP contribution in [0.5, 0.6) is 0 Å². The summed E-state index contributed by atoms with van der Waals surface area (Å²) in [5, 5.41) is -0.370. The van der Waals surface area contributed by atoms with Gasteiger partial charge in [-0.1, -0.05) is 0 Å². The van der Waals surface area contributed by atoms with Crippen molar-refractivity contribution in [2.24, 2.45) is 0 Å². The molecule has 1 fully saturated rings. The Bertz CT molecular complexity index is 170. The van der Waals surface area contributed by atoms with E-state index < -0.39 is 0 Å². The largest absolute Gasteiger partial charge is 0.339 e. The summed E-state index contributed by atoms with van der Waals surface area (Å²) in [5.41, 5.74) is 0. The molecule has 1 rings (SSSR count). The highest BCUT2D eigenvalue weighted by Crippen LogP contribution is 2.18. The molecule has 0 saturated carbocycles. The molecule has 0 N–H and O–H groups in total. The third-order valence-electron chi connectivity index (χ3n) is 2.43. The van der Waals surface area contributed by atoms with Crippen LogP contribution < -0.4 is 0 Å². The van der Waals surface area contributed by atoms with Crippen molar-refractivity contribution >= 4 is 17.5 Å². The molecule has 0 bridgehead atoms. The van der Waals surface area contributed by atoms with E-state index in [-0.39, 0.29) is 11.3 Å². The van der Waals surface area contributed by atoms with Gasteiger partial charge in [-0.25, -0.2) is 0 Å². The average Bonchev–Trinajstić information content (AvgIpc) is 2.04. The lowest BCUT2D eigenvalue weighted by atomic mass is 10.0. The van der Waals surface area contributed by atoms with Gasteiger partial charge in [0.15, 0.2) is 0 Å². The quantitative estimate of drug-likeness (QED) is 0.578. The minimum atomic E-state index is -0.370. The fourth-order valence-electron chi connectivity index (χ4n) is 1.65. The first-order chi connectivity index (χ1) is 5.63. The lowest BCUT2D eigenvalue weighted by Crippen LogP contribution is -2.44. The predicted octanol–water partition coefficient (Wildman–Crippen LogP) is 2.01. The molecule has 2 atom stereocenters. The van der Waals surface area contributed by atoms with Crippen molar-refractivity contribution < 1.29 is 4.79 Å². The number of hydrogen-bond acceptors (Lipinski definition) is 1. The summed E-state index contributed by atoms with van der Waals surface area (Å²) >= 11 is 5.74. The molecule has 0 unspecified atom stereocenters. The molecule has 0 spiro atoms. The molecule has 0 radical (unpaired) electrons. The second kappa shape index (κ2) is 4.13. The molecule has 1 saturated heterocycles. The van der Waals surface area contributed by atoms with Crippen molar-refractivity contribution in [3.05, 3.63) is 0 Å². The van der Waals surface area contributed by atoms with E-state index >= 15 is 0 Å². The predicted molar refractivity (Wildman–Crippen MR) is 50.3 cm³/mol. The summed E-state index contributed by atoms with van der Waals surface area (Å²) in [4.78, 5) is 13.4. The van der Waals surface area contributed by atoms with Crippen LogP contribution in [0.15, 0.2) is 0 Å². The smallest absolute Gasteiger partial charge is 0.240 e. The number of nitrogens with zero attached hydrogens (tertiary/aromatic N) is 1. The number of piperidine rings is 1. The number of amides is 1. The van der Waals surface area contributed by atoms with E-state index in [0.29, 0.717) is 6.04 Å². The number of halogens is 1. The van der Waals surface area contributed by atoms with Crippen molar-refractivity contribution in [3.8, 4) is 0 Å². The van der Waals surface area contributed by atoms with Gasteiger partial charge in [-0.3, -0.25) is 4.79 Å². The van der Waals surface area contributed by atoms with Gasteiger partial charge < -0.3 is 4.90 Å². The zero-order chi connectivity index (χ0) is 9.14. The van der Waals surface area contributed by atoms with Crippen LogP contribution in [0, 0.1) is 0 Å². The first-order valence-electron chi connectivity index (χ1n) is 4.57. The van der Waals surface area contributed by atoms with Crippen LogP contribution in [0.2, 0.25) is 0 Å². The number of hydrogen-bond donors (Lipinski definition) is 0. The van der Waals surface area contributed by atoms with Gasteiger partial charge in [-0.15, -0.1) is 11.6 Å². The fourth-order valence-corrected chi connectivity index (χ4v) is 1.78. The first kappa shape index (κ1) is 9.85. The first-order valence-corrected chi connectivity index (χ1v) is 5.01. The van der Waals surface area contributed by atoms with Gasteiger partial charge in [0.05, 0.1) is 0 Å². The molecule has 0 aromatic heterocycles. The molecule has 0 aromatic carbocycles. The lowest BCUT2D eigenvalue weighted by molar-refractivity contribution is -0.133. The van der Waals surface area contributed by atoms with Crippen LogP contribution in [-0.4, -0.2) is 28.8 Å². The Labute approximate surface area is 78.9 Å². The van der Waals surface area contributed by atoms with Gasteiger partial charge in [0.2, 0.25) is 5.91 Å². The molecule has 0 aromatic rings. The molecule has 2 nitrogen and oxygen atoms in total. The number of rotatable bonds is 1. The minimum Gasteiger partial charge on any atom is -0.339 e. The van der Waals surface area contributed by atoms with Crippen molar-refractivity contribution in [2.75, 3.05) is 6.54 Å². The van der Waals surface area contributed by atoms with E-state index in [1.165, 1.54) is 6.42 Å². The third kappa shape index (κ3) is 2.13. The van der Waals surface area contributed by atoms with E-state index in [4.69, 9.17) is 11.6 Å². The van der Waals surface area contributed by atoms with Gasteiger partial charge in [-0.2, -0.15) is 0 Å². The fraction of sp³-hybridized carbons (Fsp3) is 0.889. The summed E-state index contributed by atoms with van der Waals surface area (Å²) in [5.74, 6) is 0.0869. The molecular formula is C9H16ClNO. The summed E-state index contributed by atoms with van der Waals surface area (Å²) in [6.45, 7) is 4.72. The maximum Gasteiger partial charge on any atom is 0.240 e. The highest BCUT2D eigenvalue weighted by molar-refractivity contribution is 6.30. The summed E-state index contributed by atoms with van der Waals surface area (Å²) in [6, 6.07) is 0.382. The van der Waals surface area contributed by atoms with E-state index in [9.17, 15) is 4.79 Å². The molecule has 1 heterocycles. The average molecular weight is 190 g/mol. The maximum absolute atomic E-state index is 11.5. The van der Waals surface area contributed by atoms with Crippen molar-refractivity contribution in [2.45, 2.75) is 44.5 Å². The summed E-state index contributed by atoms with van der Waals surface area (Å²) in [6.07, 6.45) is 3.48. The Kier molecular flexibility index (Phi) is 3.39. The van der Waals surface area contributed by atoms with Crippen LogP contribution in [-0.2, 0) is 4.79 Å². The Morgan fingerprint density at radius 1 is 1.58 bits per heavy atom. The molecule has 1 aliphatic heterocycles. The zero-order valence-corrected chi connectivity index (χ0v) is 8.47. The van der Waals surface area contributed by atoms with E-state index in [1.807, 2.05) is 4.90 Å². The Morgan fingerprint density at radius 2 is 2.25 bits per heavy atom. The Balaban J connectivity index is 2.53. The summed E-state index contributed by atoms with van der Waals surface area (Å²) in [7, 11) is 0. The molecular weight excluding hydrogens is 174 g/mol. The highest BCUT2D eigenvalue weighted by Gasteiger charge is 2.25. The maximum atomic E-state index is 11.5. The van der Waals surface area contributed by atoms with Gasteiger partial charge in [0.25, 0.3) is 0 Å². The second-order valence-corrected chi connectivity index (χ2v) is 4.15. The lowest BCUT2D eigenvalue weighted by Gasteiger charge is -2.34. The highest BCUT2D eigenvalue weighted by atomic mass is 35.5. The van der Waals surface area contributed by atoms with Gasteiger partial charge >= 0.3 is 0 Å². The number of carbonyl (C=O) groups is 1. The van der Waals surface area contributed by atoms with Crippen LogP contribution in [0.25, 0.3) is 0 Å². The standard InChI is InChI=1S/C9H16ClNO/c1-7-5-3-4-6-11(7)9(12)8(2)10/h7-8H,3-6H2,1-2H3/t7-,8-/m1/s1. The third-order valence-corrected chi connectivity index (χ3v) is 2.61. The Morgan fingerprint density at radius 3 is 2.75 bits per heavy atom. The van der Waals surface area contributed by atoms with Crippen LogP contribution >= 0.6 is 11.6 Å². The molecule has 12 heavy (non-hydrogen) atoms. The van der Waals surface area contributed by atoms with Crippen LogP contribution in [0.3, 0.4) is 0 Å². The molecule has 0 aliphatic carbocycles. The van der Waals surface area contributed by atoms with Crippen molar-refractivity contribution in [1.82, 2.24) is 4.90 Å². The van der Waals surface area contributed by atoms with Gasteiger partial charge in [-0.05, 0) is 33.1 Å². The molecule has 70 valence electrons. The second-order valence-electron chi connectivity index (χ2n) is 3.49. The van der Waals surface area contributed by atoms with Gasteiger partial charge in [0, 0.05) is 12.6 Å². The van der Waals surface area contributed by atoms with Crippen molar-refractivity contribution in [3.63, 3.8) is 0 Å². The zero-order valence-electron chi connectivity index (χ0n) is 7.72. The topological polar surface area (TPSA) is 20.3 Å². The molecule has 3 heteroatoms. The van der Waals surface area contributed by atoms with E-state index in [0.717, 1.165) is 19.4 Å². The van der Waals surface area contributed by atoms with Crippen LogP contribution in [0.1, 0.15) is 33.1 Å². The minimum absolute atomic E-state index is 0.0869.